The lowest BCUT2D eigenvalue weighted by atomic mass is 9.83. The highest BCUT2D eigenvalue weighted by Gasteiger charge is 2.21. The first kappa shape index (κ1) is 15.0. The molecule has 1 aliphatic rings. The molecule has 1 aromatic heterocycles. The van der Waals surface area contributed by atoms with Gasteiger partial charge < -0.3 is 10.7 Å². The van der Waals surface area contributed by atoms with Crippen LogP contribution in [-0.4, -0.2) is 16.0 Å². The Balaban J connectivity index is 1.99. The Kier molecular flexibility index (Phi) is 5.17. The van der Waals surface area contributed by atoms with E-state index in [0.717, 1.165) is 23.1 Å². The molecule has 0 unspecified atom stereocenters. The van der Waals surface area contributed by atoms with E-state index in [0.29, 0.717) is 11.9 Å². The zero-order chi connectivity index (χ0) is 14.5. The predicted octanol–water partition coefficient (Wildman–Crippen LogP) is 3.15. The number of rotatable bonds is 5. The van der Waals surface area contributed by atoms with Gasteiger partial charge in [-0.15, -0.1) is 0 Å². The number of nitrogens with one attached hydrogen (secondary N) is 2. The highest BCUT2D eigenvalue weighted by Crippen LogP contribution is 2.30. The zero-order valence-corrected chi connectivity index (χ0v) is 12.9. The van der Waals surface area contributed by atoms with Gasteiger partial charge in [0.2, 0.25) is 0 Å². The Morgan fingerprint density at radius 1 is 1.10 bits per heavy atom. The zero-order valence-electron chi connectivity index (χ0n) is 12.9. The second kappa shape index (κ2) is 6.88. The smallest absolute Gasteiger partial charge is 0.148 e. The van der Waals surface area contributed by atoms with Crippen LogP contribution < -0.4 is 16.6 Å². The van der Waals surface area contributed by atoms with Gasteiger partial charge in [0, 0.05) is 11.6 Å². The number of nitrogens with zero attached hydrogens (tertiary/aromatic N) is 2. The number of aryl methyl sites for hydroxylation is 1. The van der Waals surface area contributed by atoms with Crippen LogP contribution >= 0.6 is 0 Å². The molecule has 5 heteroatoms. The van der Waals surface area contributed by atoms with Gasteiger partial charge >= 0.3 is 0 Å². The van der Waals surface area contributed by atoms with Crippen molar-refractivity contribution in [1.29, 1.82) is 0 Å². The average molecular weight is 277 g/mol. The molecule has 1 heterocycles. The summed E-state index contributed by atoms with van der Waals surface area (Å²) in [6.45, 7) is 6.17. The molecule has 0 atom stereocenters. The third-order valence-corrected chi connectivity index (χ3v) is 4.28. The van der Waals surface area contributed by atoms with E-state index < -0.39 is 0 Å². The second-order valence-corrected chi connectivity index (χ2v) is 5.89. The van der Waals surface area contributed by atoms with Crippen molar-refractivity contribution in [2.75, 3.05) is 10.7 Å². The van der Waals surface area contributed by atoms with Crippen molar-refractivity contribution in [1.82, 2.24) is 9.97 Å². The fraction of sp³-hybridized carbons (Fsp3) is 0.733. The number of hydrazine groups is 1. The fourth-order valence-electron chi connectivity index (χ4n) is 3.11. The number of anilines is 2. The molecular weight excluding hydrogens is 250 g/mol. The summed E-state index contributed by atoms with van der Waals surface area (Å²) in [5.41, 5.74) is 3.64. The summed E-state index contributed by atoms with van der Waals surface area (Å²) in [5, 5.41) is 3.58. The van der Waals surface area contributed by atoms with Crippen LogP contribution in [0.2, 0.25) is 0 Å². The molecule has 0 bridgehead atoms. The van der Waals surface area contributed by atoms with Gasteiger partial charge in [-0.25, -0.2) is 15.8 Å². The van der Waals surface area contributed by atoms with Crippen LogP contribution in [0.4, 0.5) is 11.6 Å². The minimum absolute atomic E-state index is 0.529. The standard InChI is InChI=1S/C15H27N5/c1-4-5-12-6-8-13(9-7-12)19-14-10(2)15(20-16)18-11(3)17-14/h12-13H,4-9,16H2,1-3H3,(H2,17,18,19,20). The number of nitrogens with two attached hydrogens (primary N) is 1. The SMILES string of the molecule is CCCC1CCC(Nc2nc(C)nc(NN)c2C)CC1. The fourth-order valence-corrected chi connectivity index (χ4v) is 3.11. The maximum absolute atomic E-state index is 5.51. The van der Waals surface area contributed by atoms with Gasteiger partial charge in [0.05, 0.1) is 0 Å². The molecule has 0 radical (unpaired) electrons. The van der Waals surface area contributed by atoms with Crippen LogP contribution in [0.1, 0.15) is 56.8 Å². The molecule has 1 aromatic rings. The molecule has 0 amide bonds. The Bertz CT molecular complexity index is 438. The average Bonchev–Trinajstić information content (AvgIpc) is 2.45. The van der Waals surface area contributed by atoms with Crippen molar-refractivity contribution in [3.63, 3.8) is 0 Å². The Labute approximate surface area is 121 Å². The van der Waals surface area contributed by atoms with Crippen LogP contribution in [0.25, 0.3) is 0 Å². The number of hydrogen-bond acceptors (Lipinski definition) is 5. The number of nitrogen functional groups attached to an aromatic ring is 1. The molecule has 0 saturated heterocycles. The molecule has 0 aliphatic heterocycles. The van der Waals surface area contributed by atoms with E-state index in [-0.39, 0.29) is 0 Å². The lowest BCUT2D eigenvalue weighted by Gasteiger charge is -2.29. The Morgan fingerprint density at radius 3 is 2.35 bits per heavy atom. The summed E-state index contributed by atoms with van der Waals surface area (Å²) in [6.07, 6.45) is 7.81. The first-order valence-corrected chi connectivity index (χ1v) is 7.72. The maximum atomic E-state index is 5.51. The highest BCUT2D eigenvalue weighted by atomic mass is 15.3. The van der Waals surface area contributed by atoms with Crippen LogP contribution in [0, 0.1) is 19.8 Å². The first-order chi connectivity index (χ1) is 9.63. The summed E-state index contributed by atoms with van der Waals surface area (Å²) in [4.78, 5) is 8.81. The summed E-state index contributed by atoms with van der Waals surface area (Å²) in [5.74, 6) is 8.80. The van der Waals surface area contributed by atoms with E-state index in [1.165, 1.54) is 38.5 Å². The van der Waals surface area contributed by atoms with Crippen LogP contribution in [0.5, 0.6) is 0 Å². The van der Waals surface area contributed by atoms with Crippen LogP contribution in [0.3, 0.4) is 0 Å². The molecule has 0 spiro atoms. The highest BCUT2D eigenvalue weighted by molar-refractivity contribution is 5.57. The van der Waals surface area contributed by atoms with Gasteiger partial charge in [0.25, 0.3) is 0 Å². The molecule has 20 heavy (non-hydrogen) atoms. The second-order valence-electron chi connectivity index (χ2n) is 5.89. The molecule has 1 fully saturated rings. The Morgan fingerprint density at radius 2 is 1.75 bits per heavy atom. The van der Waals surface area contributed by atoms with E-state index in [1.54, 1.807) is 0 Å². The van der Waals surface area contributed by atoms with Crippen molar-refractivity contribution < 1.29 is 0 Å². The van der Waals surface area contributed by atoms with Crippen molar-refractivity contribution in [3.05, 3.63) is 11.4 Å². The van der Waals surface area contributed by atoms with E-state index >= 15 is 0 Å². The van der Waals surface area contributed by atoms with E-state index in [4.69, 9.17) is 5.84 Å². The first-order valence-electron chi connectivity index (χ1n) is 7.72. The van der Waals surface area contributed by atoms with E-state index in [2.05, 4.69) is 27.6 Å². The van der Waals surface area contributed by atoms with Gasteiger partial charge in [-0.3, -0.25) is 0 Å². The normalized spacial score (nSPS) is 22.6. The van der Waals surface area contributed by atoms with Gasteiger partial charge in [-0.2, -0.15) is 0 Å². The molecule has 1 saturated carbocycles. The monoisotopic (exact) mass is 277 g/mol. The largest absolute Gasteiger partial charge is 0.367 e. The minimum Gasteiger partial charge on any atom is -0.367 e. The summed E-state index contributed by atoms with van der Waals surface area (Å²) in [6, 6.07) is 0.529. The summed E-state index contributed by atoms with van der Waals surface area (Å²) in [7, 11) is 0. The predicted molar refractivity (Wildman–Crippen MR) is 83.6 cm³/mol. The molecular formula is C15H27N5. The molecule has 4 N–H and O–H groups in total. The third-order valence-electron chi connectivity index (χ3n) is 4.28. The summed E-state index contributed by atoms with van der Waals surface area (Å²) < 4.78 is 0. The summed E-state index contributed by atoms with van der Waals surface area (Å²) >= 11 is 0. The Hall–Kier alpha value is -1.36. The van der Waals surface area contributed by atoms with Crippen LogP contribution in [-0.2, 0) is 0 Å². The van der Waals surface area contributed by atoms with Crippen molar-refractivity contribution >= 4 is 11.6 Å². The number of aromatic nitrogens is 2. The molecule has 112 valence electrons. The molecule has 0 aromatic carbocycles. The van der Waals surface area contributed by atoms with Crippen molar-refractivity contribution in [2.45, 2.75) is 65.3 Å². The minimum atomic E-state index is 0.529. The van der Waals surface area contributed by atoms with E-state index in [9.17, 15) is 0 Å². The van der Waals surface area contributed by atoms with Gasteiger partial charge in [-0.05, 0) is 45.4 Å². The van der Waals surface area contributed by atoms with E-state index in [1.807, 2.05) is 13.8 Å². The third kappa shape index (κ3) is 3.60. The lowest BCUT2D eigenvalue weighted by molar-refractivity contribution is 0.318. The van der Waals surface area contributed by atoms with Crippen LogP contribution in [0.15, 0.2) is 0 Å². The van der Waals surface area contributed by atoms with Gasteiger partial charge in [0.15, 0.2) is 0 Å². The maximum Gasteiger partial charge on any atom is 0.148 e. The number of hydrogen-bond donors (Lipinski definition) is 3. The van der Waals surface area contributed by atoms with Gasteiger partial charge in [0.1, 0.15) is 17.5 Å². The molecule has 1 aliphatic carbocycles. The quantitative estimate of drug-likeness (QED) is 0.569. The van der Waals surface area contributed by atoms with Crippen molar-refractivity contribution in [3.8, 4) is 0 Å². The van der Waals surface area contributed by atoms with Crippen molar-refractivity contribution in [2.24, 2.45) is 11.8 Å². The topological polar surface area (TPSA) is 75.9 Å². The molecule has 2 rings (SSSR count). The molecule has 5 nitrogen and oxygen atoms in total. The lowest BCUT2D eigenvalue weighted by Crippen LogP contribution is -2.27. The van der Waals surface area contributed by atoms with Gasteiger partial charge in [-0.1, -0.05) is 19.8 Å².